The summed E-state index contributed by atoms with van der Waals surface area (Å²) in [6, 6.07) is 4.50. The van der Waals surface area contributed by atoms with E-state index in [4.69, 9.17) is 4.63 Å². The topological polar surface area (TPSA) is 109 Å². The van der Waals surface area contributed by atoms with Crippen LogP contribution in [-0.4, -0.2) is 52.8 Å². The Labute approximate surface area is 176 Å². The van der Waals surface area contributed by atoms with Crippen molar-refractivity contribution < 1.29 is 22.6 Å². The second-order valence-electron chi connectivity index (χ2n) is 6.91. The lowest BCUT2D eigenvalue weighted by molar-refractivity contribution is 0.300. The minimum Gasteiger partial charge on any atom is -0.411 e. The fraction of sp³-hybridized carbons (Fsp3) is 0.500. The molecule has 0 saturated carbocycles. The van der Waals surface area contributed by atoms with Gasteiger partial charge in [0, 0.05) is 19.5 Å². The molecule has 0 bridgehead atoms. The predicted octanol–water partition coefficient (Wildman–Crippen LogP) is 3.14. The van der Waals surface area contributed by atoms with Gasteiger partial charge in [-0.15, -0.1) is 0 Å². The number of unbranched alkanes of at least 4 members (excludes halogenated alkanes) is 1. The van der Waals surface area contributed by atoms with E-state index in [9.17, 15) is 18.0 Å². The van der Waals surface area contributed by atoms with E-state index in [2.05, 4.69) is 31.4 Å². The van der Waals surface area contributed by atoms with Gasteiger partial charge in [0.1, 0.15) is 17.2 Å². The van der Waals surface area contributed by atoms with Crippen LogP contribution in [0, 0.1) is 5.82 Å². The summed E-state index contributed by atoms with van der Waals surface area (Å²) in [6.07, 6.45) is 3.55. The molecule has 2 heterocycles. The van der Waals surface area contributed by atoms with Crippen LogP contribution in [0.5, 0.6) is 0 Å². The molecule has 0 spiro atoms. The maximum absolute atomic E-state index is 13.4. The molecule has 1 aliphatic heterocycles. The standard InChI is InChI=1S/C18H22BrFN4O4S/c19-14-11-13(6-7-15(14)20)12-17(21-25)18-16(22-28-23-18)5-1-4-10-29(26,27)24-8-2-3-9-24/h6-7,11,25H,1-5,8-10,12H2/b21-17+. The number of benzene rings is 1. The van der Waals surface area contributed by atoms with E-state index in [1.165, 1.54) is 6.07 Å². The van der Waals surface area contributed by atoms with E-state index in [0.29, 0.717) is 48.2 Å². The highest BCUT2D eigenvalue weighted by Gasteiger charge is 2.25. The molecule has 1 fully saturated rings. The molecule has 1 aromatic heterocycles. The molecule has 0 atom stereocenters. The molecular weight excluding hydrogens is 467 g/mol. The van der Waals surface area contributed by atoms with Crippen molar-refractivity contribution in [2.45, 2.75) is 38.5 Å². The minimum absolute atomic E-state index is 0.0954. The van der Waals surface area contributed by atoms with Gasteiger partial charge < -0.3 is 5.21 Å². The zero-order valence-electron chi connectivity index (χ0n) is 15.7. The zero-order valence-corrected chi connectivity index (χ0v) is 18.1. The first-order valence-electron chi connectivity index (χ1n) is 9.35. The molecule has 1 aromatic carbocycles. The van der Waals surface area contributed by atoms with Crippen molar-refractivity contribution in [1.29, 1.82) is 0 Å². The number of sulfonamides is 1. The van der Waals surface area contributed by atoms with E-state index in [0.717, 1.165) is 18.4 Å². The minimum atomic E-state index is -3.21. The fourth-order valence-electron chi connectivity index (χ4n) is 3.27. The monoisotopic (exact) mass is 488 g/mol. The smallest absolute Gasteiger partial charge is 0.214 e. The third-order valence-electron chi connectivity index (χ3n) is 4.83. The number of rotatable bonds is 9. The molecule has 1 N–H and O–H groups in total. The zero-order chi connectivity index (χ0) is 20.9. The summed E-state index contributed by atoms with van der Waals surface area (Å²) in [5, 5.41) is 20.4. The Morgan fingerprint density at radius 2 is 2.03 bits per heavy atom. The normalized spacial score (nSPS) is 15.9. The summed E-state index contributed by atoms with van der Waals surface area (Å²) in [5.74, 6) is -0.290. The first-order chi connectivity index (χ1) is 13.9. The Bertz CT molecular complexity index is 974. The lowest BCUT2D eigenvalue weighted by Crippen LogP contribution is -2.30. The van der Waals surface area contributed by atoms with Crippen LogP contribution in [0.25, 0.3) is 0 Å². The lowest BCUT2D eigenvalue weighted by atomic mass is 10.0. The molecule has 3 rings (SSSR count). The van der Waals surface area contributed by atoms with Crippen LogP contribution >= 0.6 is 15.9 Å². The molecule has 158 valence electrons. The highest BCUT2D eigenvalue weighted by Crippen LogP contribution is 2.20. The highest BCUT2D eigenvalue weighted by molar-refractivity contribution is 9.10. The van der Waals surface area contributed by atoms with Gasteiger partial charge in [-0.2, -0.15) is 0 Å². The van der Waals surface area contributed by atoms with Crippen LogP contribution in [0.15, 0.2) is 32.5 Å². The van der Waals surface area contributed by atoms with Gasteiger partial charge in [-0.3, -0.25) is 0 Å². The van der Waals surface area contributed by atoms with Crippen molar-refractivity contribution in [2.75, 3.05) is 18.8 Å². The largest absolute Gasteiger partial charge is 0.411 e. The number of halogens is 2. The molecule has 2 aromatic rings. The Balaban J connectivity index is 1.58. The number of oxime groups is 1. The van der Waals surface area contributed by atoms with E-state index < -0.39 is 10.0 Å². The quantitative estimate of drug-likeness (QED) is 0.251. The number of hydrogen-bond acceptors (Lipinski definition) is 7. The first-order valence-corrected chi connectivity index (χ1v) is 11.8. The summed E-state index contributed by atoms with van der Waals surface area (Å²) in [7, 11) is -3.21. The van der Waals surface area contributed by atoms with Gasteiger partial charge in [-0.25, -0.2) is 21.7 Å². The van der Waals surface area contributed by atoms with E-state index in [1.807, 2.05) is 0 Å². The molecule has 8 nitrogen and oxygen atoms in total. The number of hydrogen-bond donors (Lipinski definition) is 1. The van der Waals surface area contributed by atoms with Gasteiger partial charge in [0.05, 0.1) is 10.2 Å². The van der Waals surface area contributed by atoms with Gasteiger partial charge in [0.2, 0.25) is 10.0 Å². The molecule has 0 amide bonds. The van der Waals surface area contributed by atoms with Gasteiger partial charge >= 0.3 is 0 Å². The Morgan fingerprint density at radius 3 is 2.72 bits per heavy atom. The van der Waals surface area contributed by atoms with Crippen molar-refractivity contribution >= 4 is 31.7 Å². The molecule has 0 unspecified atom stereocenters. The lowest BCUT2D eigenvalue weighted by Gasteiger charge is -2.14. The molecule has 0 radical (unpaired) electrons. The summed E-state index contributed by atoms with van der Waals surface area (Å²) >= 11 is 3.13. The van der Waals surface area contributed by atoms with Crippen LogP contribution in [-0.2, 0) is 22.9 Å². The summed E-state index contributed by atoms with van der Waals surface area (Å²) in [6.45, 7) is 1.21. The Morgan fingerprint density at radius 1 is 1.28 bits per heavy atom. The van der Waals surface area contributed by atoms with Crippen molar-refractivity contribution in [1.82, 2.24) is 14.6 Å². The van der Waals surface area contributed by atoms with Crippen molar-refractivity contribution in [3.05, 3.63) is 45.4 Å². The maximum Gasteiger partial charge on any atom is 0.214 e. The van der Waals surface area contributed by atoms with E-state index >= 15 is 0 Å². The van der Waals surface area contributed by atoms with E-state index in [-0.39, 0.29) is 23.7 Å². The number of aryl methyl sites for hydroxylation is 1. The Hall–Kier alpha value is -1.85. The highest BCUT2D eigenvalue weighted by atomic mass is 79.9. The van der Waals surface area contributed by atoms with Crippen LogP contribution in [0.4, 0.5) is 4.39 Å². The second kappa shape index (κ2) is 9.77. The van der Waals surface area contributed by atoms with Crippen molar-refractivity contribution in [3.8, 4) is 0 Å². The van der Waals surface area contributed by atoms with Crippen LogP contribution in [0.2, 0.25) is 0 Å². The summed E-state index contributed by atoms with van der Waals surface area (Å²) < 4.78 is 44.6. The van der Waals surface area contributed by atoms with E-state index in [1.54, 1.807) is 16.4 Å². The third kappa shape index (κ3) is 5.61. The van der Waals surface area contributed by atoms with Gasteiger partial charge in [0.15, 0.2) is 5.69 Å². The van der Waals surface area contributed by atoms with Gasteiger partial charge in [-0.1, -0.05) is 16.4 Å². The molecule has 29 heavy (non-hydrogen) atoms. The molecular formula is C18H22BrFN4O4S. The Kier molecular flexibility index (Phi) is 7.36. The van der Waals surface area contributed by atoms with Crippen LogP contribution in [0.1, 0.15) is 42.6 Å². The summed E-state index contributed by atoms with van der Waals surface area (Å²) in [4.78, 5) is 0. The number of aromatic nitrogens is 2. The third-order valence-corrected chi connectivity index (χ3v) is 7.39. The average molecular weight is 489 g/mol. The first kappa shape index (κ1) is 21.8. The van der Waals surface area contributed by atoms with Gasteiger partial charge in [0.25, 0.3) is 0 Å². The van der Waals surface area contributed by atoms with Crippen molar-refractivity contribution in [3.63, 3.8) is 0 Å². The fourth-order valence-corrected chi connectivity index (χ4v) is 5.34. The second-order valence-corrected chi connectivity index (χ2v) is 9.85. The average Bonchev–Trinajstić information content (AvgIpc) is 3.38. The number of nitrogens with zero attached hydrogens (tertiary/aromatic N) is 4. The molecule has 1 aliphatic rings. The van der Waals surface area contributed by atoms with Crippen LogP contribution < -0.4 is 0 Å². The molecule has 0 aliphatic carbocycles. The predicted molar refractivity (Wildman–Crippen MR) is 108 cm³/mol. The van der Waals surface area contributed by atoms with Gasteiger partial charge in [-0.05, 0) is 70.9 Å². The summed E-state index contributed by atoms with van der Waals surface area (Å²) in [5.41, 5.74) is 1.77. The van der Waals surface area contributed by atoms with Crippen molar-refractivity contribution in [2.24, 2.45) is 5.16 Å². The maximum atomic E-state index is 13.4. The van der Waals surface area contributed by atoms with Crippen LogP contribution in [0.3, 0.4) is 0 Å². The SMILES string of the molecule is O=S(=O)(CCCCc1nonc1/C(Cc1ccc(F)c(Br)c1)=N/O)N1CCCC1. The molecule has 1 saturated heterocycles. The molecule has 11 heteroatoms.